The average molecular weight is 268 g/mol. The van der Waals surface area contributed by atoms with Gasteiger partial charge >= 0.3 is 0 Å². The molecule has 1 fully saturated rings. The number of benzene rings is 2. The minimum absolute atomic E-state index is 0.0115. The van der Waals surface area contributed by atoms with E-state index in [1.165, 1.54) is 0 Å². The summed E-state index contributed by atoms with van der Waals surface area (Å²) >= 11 is 0. The first-order valence-electron chi connectivity index (χ1n) is 6.98. The van der Waals surface area contributed by atoms with Crippen molar-refractivity contribution in [3.63, 3.8) is 0 Å². The van der Waals surface area contributed by atoms with Crippen LogP contribution in [0.2, 0.25) is 0 Å². The molecule has 2 aromatic rings. The third-order valence-electron chi connectivity index (χ3n) is 4.10. The molecule has 2 aromatic carbocycles. The van der Waals surface area contributed by atoms with Gasteiger partial charge < -0.3 is 0 Å². The Labute approximate surface area is 118 Å². The Kier molecular flexibility index (Phi) is 3.39. The fourth-order valence-corrected chi connectivity index (χ4v) is 3.03. The summed E-state index contributed by atoms with van der Waals surface area (Å²) in [5, 5.41) is 0. The molecule has 0 heterocycles. The molecule has 1 nitrogen and oxygen atoms in total. The maximum Gasteiger partial charge on any atom is 0.173 e. The standard InChI is InChI=1S/C18H17FO/c19-18(12-14-7-3-1-4-8-14)13-16(11-17(18)20)15-9-5-2-6-10-15/h1-10,16H,11-13H2. The average Bonchev–Trinajstić information content (AvgIpc) is 2.77. The highest BCUT2D eigenvalue weighted by molar-refractivity contribution is 5.90. The van der Waals surface area contributed by atoms with E-state index in [1.54, 1.807) is 0 Å². The number of hydrogen-bond donors (Lipinski definition) is 0. The Balaban J connectivity index is 1.79. The number of carbonyl (C=O) groups excluding carboxylic acids is 1. The molecule has 1 aliphatic carbocycles. The maximum absolute atomic E-state index is 15.0. The lowest BCUT2D eigenvalue weighted by Crippen LogP contribution is -2.30. The van der Waals surface area contributed by atoms with Crippen LogP contribution in [0.15, 0.2) is 60.7 Å². The van der Waals surface area contributed by atoms with Crippen LogP contribution in [-0.2, 0) is 11.2 Å². The predicted molar refractivity (Wildman–Crippen MR) is 77.4 cm³/mol. The molecule has 0 amide bonds. The molecule has 1 saturated carbocycles. The second-order valence-corrected chi connectivity index (χ2v) is 5.57. The number of ketones is 1. The zero-order valence-corrected chi connectivity index (χ0v) is 11.3. The van der Waals surface area contributed by atoms with Gasteiger partial charge in [-0.15, -0.1) is 0 Å². The molecule has 20 heavy (non-hydrogen) atoms. The normalized spacial score (nSPS) is 25.9. The van der Waals surface area contributed by atoms with Crippen molar-refractivity contribution in [1.82, 2.24) is 0 Å². The highest BCUT2D eigenvalue weighted by atomic mass is 19.1. The van der Waals surface area contributed by atoms with Gasteiger partial charge in [-0.05, 0) is 23.5 Å². The van der Waals surface area contributed by atoms with Crippen molar-refractivity contribution in [2.75, 3.05) is 0 Å². The van der Waals surface area contributed by atoms with E-state index in [9.17, 15) is 9.18 Å². The van der Waals surface area contributed by atoms with E-state index in [0.29, 0.717) is 12.8 Å². The third-order valence-corrected chi connectivity index (χ3v) is 4.10. The molecule has 3 rings (SSSR count). The molecule has 0 N–H and O–H groups in total. The van der Waals surface area contributed by atoms with Gasteiger partial charge in [-0.1, -0.05) is 60.7 Å². The number of halogens is 1. The van der Waals surface area contributed by atoms with Gasteiger partial charge in [-0.25, -0.2) is 4.39 Å². The Morgan fingerprint density at radius 3 is 2.25 bits per heavy atom. The highest BCUT2D eigenvalue weighted by Crippen LogP contribution is 2.42. The Hall–Kier alpha value is -1.96. The topological polar surface area (TPSA) is 17.1 Å². The van der Waals surface area contributed by atoms with Crippen molar-refractivity contribution < 1.29 is 9.18 Å². The minimum atomic E-state index is -1.71. The first kappa shape index (κ1) is 13.0. The Morgan fingerprint density at radius 2 is 1.60 bits per heavy atom. The molecule has 1 aliphatic rings. The van der Waals surface area contributed by atoms with Crippen LogP contribution in [0.1, 0.15) is 29.9 Å². The molecule has 0 saturated heterocycles. The highest BCUT2D eigenvalue weighted by Gasteiger charge is 2.47. The smallest absolute Gasteiger partial charge is 0.173 e. The van der Waals surface area contributed by atoms with Gasteiger partial charge in [0.1, 0.15) is 0 Å². The van der Waals surface area contributed by atoms with Crippen LogP contribution in [-0.4, -0.2) is 11.5 Å². The number of alkyl halides is 1. The zero-order valence-electron chi connectivity index (χ0n) is 11.3. The first-order chi connectivity index (χ1) is 9.67. The van der Waals surface area contributed by atoms with Gasteiger partial charge in [-0.3, -0.25) is 4.79 Å². The van der Waals surface area contributed by atoms with E-state index in [2.05, 4.69) is 0 Å². The SMILES string of the molecule is O=C1CC(c2ccccc2)CC1(F)Cc1ccccc1. The van der Waals surface area contributed by atoms with Crippen LogP contribution in [0, 0.1) is 0 Å². The van der Waals surface area contributed by atoms with Crippen molar-refractivity contribution in [3.8, 4) is 0 Å². The largest absolute Gasteiger partial charge is 0.296 e. The molecule has 0 aromatic heterocycles. The van der Waals surface area contributed by atoms with Crippen LogP contribution in [0.3, 0.4) is 0 Å². The van der Waals surface area contributed by atoms with Gasteiger partial charge in [0.05, 0.1) is 0 Å². The summed E-state index contributed by atoms with van der Waals surface area (Å²) < 4.78 is 15.0. The van der Waals surface area contributed by atoms with Crippen molar-refractivity contribution in [2.45, 2.75) is 30.8 Å². The summed E-state index contributed by atoms with van der Waals surface area (Å²) in [5.41, 5.74) is 0.243. The second kappa shape index (κ2) is 5.20. The molecule has 0 radical (unpaired) electrons. The Bertz CT molecular complexity index is 593. The van der Waals surface area contributed by atoms with Crippen molar-refractivity contribution >= 4 is 5.78 Å². The van der Waals surface area contributed by atoms with Gasteiger partial charge in [0, 0.05) is 12.8 Å². The Morgan fingerprint density at radius 1 is 1.00 bits per heavy atom. The van der Waals surface area contributed by atoms with Gasteiger partial charge in [-0.2, -0.15) is 0 Å². The number of Topliss-reactive ketones (excluding diaryl/α,β-unsaturated/α-hetero) is 1. The molecule has 0 spiro atoms. The van der Waals surface area contributed by atoms with Crippen molar-refractivity contribution in [2.24, 2.45) is 0 Å². The van der Waals surface area contributed by atoms with Crippen LogP contribution >= 0.6 is 0 Å². The van der Waals surface area contributed by atoms with E-state index in [-0.39, 0.29) is 18.1 Å². The molecule has 2 unspecified atom stereocenters. The van der Waals surface area contributed by atoms with Crippen LogP contribution in [0.4, 0.5) is 4.39 Å². The lowest BCUT2D eigenvalue weighted by Gasteiger charge is -2.18. The van der Waals surface area contributed by atoms with Gasteiger partial charge in [0.25, 0.3) is 0 Å². The van der Waals surface area contributed by atoms with Crippen LogP contribution < -0.4 is 0 Å². The monoisotopic (exact) mass is 268 g/mol. The lowest BCUT2D eigenvalue weighted by molar-refractivity contribution is -0.127. The zero-order chi connectivity index (χ0) is 14.0. The molecule has 0 bridgehead atoms. The minimum Gasteiger partial charge on any atom is -0.296 e. The third kappa shape index (κ3) is 2.51. The molecule has 2 atom stereocenters. The first-order valence-corrected chi connectivity index (χ1v) is 6.98. The maximum atomic E-state index is 15.0. The van der Waals surface area contributed by atoms with Crippen molar-refractivity contribution in [1.29, 1.82) is 0 Å². The summed E-state index contributed by atoms with van der Waals surface area (Å²) in [6.07, 6.45) is 0.800. The molecular formula is C18H17FO. The molecule has 102 valence electrons. The fraction of sp³-hybridized carbons (Fsp3) is 0.278. The van der Waals surface area contributed by atoms with E-state index in [4.69, 9.17) is 0 Å². The summed E-state index contributed by atoms with van der Waals surface area (Å²) in [7, 11) is 0. The van der Waals surface area contributed by atoms with Gasteiger partial charge in [0.2, 0.25) is 0 Å². The summed E-state index contributed by atoms with van der Waals surface area (Å²) in [6.45, 7) is 0. The van der Waals surface area contributed by atoms with Crippen LogP contribution in [0.5, 0.6) is 0 Å². The van der Waals surface area contributed by atoms with E-state index >= 15 is 0 Å². The van der Waals surface area contributed by atoms with Crippen molar-refractivity contribution in [3.05, 3.63) is 71.8 Å². The predicted octanol–water partition coefficient (Wildman–Crippen LogP) is 4.08. The second-order valence-electron chi connectivity index (χ2n) is 5.57. The summed E-state index contributed by atoms with van der Waals surface area (Å²) in [5.74, 6) is -0.243. The number of carbonyl (C=O) groups is 1. The van der Waals surface area contributed by atoms with E-state index < -0.39 is 5.67 Å². The number of hydrogen-bond acceptors (Lipinski definition) is 1. The molecular weight excluding hydrogens is 251 g/mol. The van der Waals surface area contributed by atoms with Crippen LogP contribution in [0.25, 0.3) is 0 Å². The fourth-order valence-electron chi connectivity index (χ4n) is 3.03. The number of rotatable bonds is 3. The molecule has 2 heteroatoms. The summed E-state index contributed by atoms with van der Waals surface area (Å²) in [4.78, 5) is 12.1. The van der Waals surface area contributed by atoms with E-state index in [0.717, 1.165) is 11.1 Å². The lowest BCUT2D eigenvalue weighted by atomic mass is 9.91. The van der Waals surface area contributed by atoms with Gasteiger partial charge in [0.15, 0.2) is 11.5 Å². The van der Waals surface area contributed by atoms with E-state index in [1.807, 2.05) is 60.7 Å². The molecule has 0 aliphatic heterocycles. The summed E-state index contributed by atoms with van der Waals surface area (Å²) in [6, 6.07) is 19.2. The quantitative estimate of drug-likeness (QED) is 0.819.